The number of aromatic nitrogens is 1. The lowest BCUT2D eigenvalue weighted by atomic mass is 9.78. The molecule has 1 N–H and O–H groups in total. The highest BCUT2D eigenvalue weighted by atomic mass is 32.2. The normalized spacial score (nSPS) is 15.9. The predicted molar refractivity (Wildman–Crippen MR) is 99.1 cm³/mol. The molecule has 3 rings (SSSR count). The van der Waals surface area contributed by atoms with E-state index in [0.717, 1.165) is 17.7 Å². The molecule has 126 valence electrons. The van der Waals surface area contributed by atoms with Gasteiger partial charge in [-0.3, -0.25) is 9.59 Å². The van der Waals surface area contributed by atoms with Crippen molar-refractivity contribution in [1.29, 1.82) is 0 Å². The van der Waals surface area contributed by atoms with E-state index in [2.05, 4.69) is 24.1 Å². The fourth-order valence-corrected chi connectivity index (χ4v) is 4.21. The van der Waals surface area contributed by atoms with Crippen LogP contribution in [0, 0.1) is 5.41 Å². The number of fused-ring (bicyclic) bond motifs is 1. The molecule has 0 atom stereocenters. The van der Waals surface area contributed by atoms with E-state index in [9.17, 15) is 9.59 Å². The summed E-state index contributed by atoms with van der Waals surface area (Å²) in [4.78, 5) is 30.8. The zero-order valence-corrected chi connectivity index (χ0v) is 15.6. The second-order valence-electron chi connectivity index (χ2n) is 6.81. The Morgan fingerprint density at radius 3 is 2.67 bits per heavy atom. The number of anilines is 1. The second-order valence-corrected chi connectivity index (χ2v) is 8.69. The summed E-state index contributed by atoms with van der Waals surface area (Å²) in [6.07, 6.45) is 3.64. The third-order valence-corrected chi connectivity index (χ3v) is 5.80. The summed E-state index contributed by atoms with van der Waals surface area (Å²) in [6.45, 7) is 4.15. The van der Waals surface area contributed by atoms with Gasteiger partial charge in [0.2, 0.25) is 5.91 Å². The van der Waals surface area contributed by atoms with Crippen molar-refractivity contribution in [3.05, 3.63) is 40.4 Å². The summed E-state index contributed by atoms with van der Waals surface area (Å²) in [7, 11) is 0. The number of amides is 1. The number of thiazole rings is 1. The van der Waals surface area contributed by atoms with Crippen LogP contribution >= 0.6 is 23.1 Å². The molecule has 4 nitrogen and oxygen atoms in total. The zero-order valence-electron chi connectivity index (χ0n) is 14.0. The summed E-state index contributed by atoms with van der Waals surface area (Å²) < 4.78 is 0. The number of benzene rings is 1. The van der Waals surface area contributed by atoms with Crippen LogP contribution < -0.4 is 5.32 Å². The molecule has 1 aliphatic carbocycles. The van der Waals surface area contributed by atoms with Gasteiger partial charge in [-0.25, -0.2) is 4.98 Å². The molecule has 1 aromatic heterocycles. The van der Waals surface area contributed by atoms with Crippen LogP contribution in [0.5, 0.6) is 0 Å². The van der Waals surface area contributed by atoms with Crippen LogP contribution in [0.15, 0.2) is 29.2 Å². The van der Waals surface area contributed by atoms with Crippen LogP contribution in [0.3, 0.4) is 0 Å². The minimum Gasteiger partial charge on any atom is -0.302 e. The van der Waals surface area contributed by atoms with E-state index in [1.54, 1.807) is 11.8 Å². The van der Waals surface area contributed by atoms with E-state index in [-0.39, 0.29) is 17.1 Å². The maximum Gasteiger partial charge on any atom is 0.230 e. The standard InChI is InChI=1S/C18H20N2O2S2/c1-18(2)9-13-16(14(21)10-18)24-17(19-13)20-15(22)8-11-4-6-12(23-3)7-5-11/h4-7H,8-10H2,1-3H3,(H,19,20,22). The summed E-state index contributed by atoms with van der Waals surface area (Å²) in [5.41, 5.74) is 1.73. The highest BCUT2D eigenvalue weighted by Crippen LogP contribution is 2.38. The third-order valence-electron chi connectivity index (χ3n) is 4.01. The Labute approximate surface area is 150 Å². The molecule has 1 amide bonds. The molecule has 2 aromatic rings. The Morgan fingerprint density at radius 1 is 1.29 bits per heavy atom. The van der Waals surface area contributed by atoms with Gasteiger partial charge in [0.15, 0.2) is 10.9 Å². The zero-order chi connectivity index (χ0) is 17.3. The first-order valence-corrected chi connectivity index (χ1v) is 9.86. The molecule has 6 heteroatoms. The number of carbonyl (C=O) groups is 2. The van der Waals surface area contributed by atoms with E-state index < -0.39 is 0 Å². The van der Waals surface area contributed by atoms with Gasteiger partial charge in [-0.2, -0.15) is 0 Å². The van der Waals surface area contributed by atoms with Gasteiger partial charge in [-0.1, -0.05) is 37.3 Å². The number of ketones is 1. The van der Waals surface area contributed by atoms with Gasteiger partial charge < -0.3 is 5.32 Å². The lowest BCUT2D eigenvalue weighted by Gasteiger charge is -2.26. The highest BCUT2D eigenvalue weighted by molar-refractivity contribution is 7.98. The lowest BCUT2D eigenvalue weighted by Crippen LogP contribution is -2.26. The van der Waals surface area contributed by atoms with E-state index in [0.29, 0.717) is 22.9 Å². The lowest BCUT2D eigenvalue weighted by molar-refractivity contribution is -0.115. The Bertz CT molecular complexity index is 779. The van der Waals surface area contributed by atoms with Crippen molar-refractivity contribution in [3.63, 3.8) is 0 Å². The van der Waals surface area contributed by atoms with Crippen LogP contribution in [0.1, 0.15) is 41.2 Å². The number of carbonyl (C=O) groups excluding carboxylic acids is 2. The van der Waals surface area contributed by atoms with Gasteiger partial charge in [0.05, 0.1) is 17.0 Å². The van der Waals surface area contributed by atoms with Gasteiger partial charge >= 0.3 is 0 Å². The Morgan fingerprint density at radius 2 is 2.00 bits per heavy atom. The molecule has 0 saturated carbocycles. The fourth-order valence-electron chi connectivity index (χ4n) is 2.87. The van der Waals surface area contributed by atoms with Crippen LogP contribution in [-0.2, 0) is 17.6 Å². The molecule has 0 fully saturated rings. The fraction of sp³-hybridized carbons (Fsp3) is 0.389. The Balaban J connectivity index is 1.68. The second kappa shape index (κ2) is 6.69. The molecule has 0 spiro atoms. The van der Waals surface area contributed by atoms with Gasteiger partial charge in [-0.05, 0) is 35.8 Å². The van der Waals surface area contributed by atoms with Gasteiger partial charge in [0.1, 0.15) is 0 Å². The molecule has 0 aliphatic heterocycles. The summed E-state index contributed by atoms with van der Waals surface area (Å²) in [6, 6.07) is 7.95. The number of rotatable bonds is 4. The minimum absolute atomic E-state index is 0.0571. The average molecular weight is 361 g/mol. The van der Waals surface area contributed by atoms with Crippen molar-refractivity contribution in [1.82, 2.24) is 4.98 Å². The molecular weight excluding hydrogens is 340 g/mol. The third kappa shape index (κ3) is 3.87. The van der Waals surface area contributed by atoms with Crippen molar-refractivity contribution < 1.29 is 9.59 Å². The number of hydrogen-bond donors (Lipinski definition) is 1. The van der Waals surface area contributed by atoms with Crippen LogP contribution in [0.25, 0.3) is 0 Å². The van der Waals surface area contributed by atoms with E-state index in [4.69, 9.17) is 0 Å². The van der Waals surface area contributed by atoms with Gasteiger partial charge in [0.25, 0.3) is 0 Å². The van der Waals surface area contributed by atoms with Crippen molar-refractivity contribution in [3.8, 4) is 0 Å². The first kappa shape index (κ1) is 17.2. The monoisotopic (exact) mass is 360 g/mol. The molecule has 0 unspecified atom stereocenters. The molecule has 1 heterocycles. The topological polar surface area (TPSA) is 59.1 Å². The summed E-state index contributed by atoms with van der Waals surface area (Å²) in [5, 5.41) is 3.36. The quantitative estimate of drug-likeness (QED) is 0.830. The number of Topliss-reactive ketones (excluding diaryl/α,β-unsaturated/α-hetero) is 1. The van der Waals surface area contributed by atoms with Crippen LogP contribution in [0.2, 0.25) is 0 Å². The molecule has 24 heavy (non-hydrogen) atoms. The van der Waals surface area contributed by atoms with Crippen LogP contribution in [0.4, 0.5) is 5.13 Å². The number of nitrogens with zero attached hydrogens (tertiary/aromatic N) is 1. The molecule has 1 aromatic carbocycles. The molecular formula is C18H20N2O2S2. The van der Waals surface area contributed by atoms with Crippen molar-refractivity contribution >= 4 is 39.9 Å². The van der Waals surface area contributed by atoms with E-state index in [1.165, 1.54) is 16.2 Å². The van der Waals surface area contributed by atoms with Crippen molar-refractivity contribution in [2.75, 3.05) is 11.6 Å². The van der Waals surface area contributed by atoms with Gasteiger partial charge in [-0.15, -0.1) is 11.8 Å². The number of nitrogens with one attached hydrogen (secondary N) is 1. The summed E-state index contributed by atoms with van der Waals surface area (Å²) >= 11 is 2.97. The van der Waals surface area contributed by atoms with E-state index >= 15 is 0 Å². The maximum atomic E-state index is 12.2. The Kier molecular flexibility index (Phi) is 4.78. The largest absolute Gasteiger partial charge is 0.302 e. The maximum absolute atomic E-state index is 12.2. The minimum atomic E-state index is -0.107. The molecule has 0 bridgehead atoms. The van der Waals surface area contributed by atoms with Gasteiger partial charge in [0, 0.05) is 11.3 Å². The molecule has 1 aliphatic rings. The summed E-state index contributed by atoms with van der Waals surface area (Å²) in [5.74, 6) is 0.0246. The van der Waals surface area contributed by atoms with Crippen molar-refractivity contribution in [2.24, 2.45) is 5.41 Å². The predicted octanol–water partition coefficient (Wildman–Crippen LogP) is 4.20. The first-order valence-electron chi connectivity index (χ1n) is 7.82. The molecule has 0 radical (unpaired) electrons. The van der Waals surface area contributed by atoms with Crippen molar-refractivity contribution in [2.45, 2.75) is 38.0 Å². The molecule has 0 saturated heterocycles. The van der Waals surface area contributed by atoms with E-state index in [1.807, 2.05) is 30.5 Å². The first-order chi connectivity index (χ1) is 11.4. The number of thioether (sulfide) groups is 1. The van der Waals surface area contributed by atoms with Crippen LogP contribution in [-0.4, -0.2) is 22.9 Å². The average Bonchev–Trinajstić information content (AvgIpc) is 2.89. The number of hydrogen-bond acceptors (Lipinski definition) is 5. The Hall–Kier alpha value is -1.66. The smallest absolute Gasteiger partial charge is 0.230 e. The highest BCUT2D eigenvalue weighted by Gasteiger charge is 2.34. The SMILES string of the molecule is CSc1ccc(CC(=O)Nc2nc3c(s2)C(=O)CC(C)(C)C3)cc1.